The van der Waals surface area contributed by atoms with Crippen LogP contribution in [-0.4, -0.2) is 38.6 Å². The van der Waals surface area contributed by atoms with Crippen molar-refractivity contribution in [1.82, 2.24) is 5.32 Å². The van der Waals surface area contributed by atoms with Crippen LogP contribution >= 0.6 is 0 Å². The Morgan fingerprint density at radius 2 is 1.79 bits per heavy atom. The normalized spacial score (nSPS) is 12.1. The van der Waals surface area contributed by atoms with Crippen LogP contribution in [-0.2, 0) is 6.54 Å². The molecule has 0 bridgehead atoms. The summed E-state index contributed by atoms with van der Waals surface area (Å²) in [5.41, 5.74) is 1.06. The number of aliphatic hydroxyl groups is 1. The first-order valence-electron chi connectivity index (χ1n) is 6.38. The Labute approximate surface area is 114 Å². The van der Waals surface area contributed by atoms with Crippen molar-refractivity contribution in [1.29, 1.82) is 0 Å². The lowest BCUT2D eigenvalue weighted by Crippen LogP contribution is -2.15. The molecular formula is C14H23NO4. The Hall–Kier alpha value is -1.46. The monoisotopic (exact) mass is 269 g/mol. The number of nitrogens with one attached hydrogen (secondary N) is 1. The molecule has 0 aliphatic carbocycles. The fraction of sp³-hybridized carbons (Fsp3) is 0.571. The molecule has 1 unspecified atom stereocenters. The molecule has 0 saturated carbocycles. The van der Waals surface area contributed by atoms with Gasteiger partial charge in [0.25, 0.3) is 0 Å². The van der Waals surface area contributed by atoms with Crippen molar-refractivity contribution in [2.24, 2.45) is 0 Å². The number of aliphatic hydroxyl groups excluding tert-OH is 1. The van der Waals surface area contributed by atoms with E-state index in [0.717, 1.165) is 18.7 Å². The largest absolute Gasteiger partial charge is 0.493 e. The van der Waals surface area contributed by atoms with Crippen LogP contribution < -0.4 is 19.5 Å². The molecule has 0 fully saturated rings. The zero-order chi connectivity index (χ0) is 14.3. The lowest BCUT2D eigenvalue weighted by Gasteiger charge is -2.17. The summed E-state index contributed by atoms with van der Waals surface area (Å²) >= 11 is 0. The molecule has 1 aromatic carbocycles. The highest BCUT2D eigenvalue weighted by atomic mass is 16.5. The Morgan fingerprint density at radius 1 is 1.21 bits per heavy atom. The van der Waals surface area contributed by atoms with E-state index in [1.807, 2.05) is 12.1 Å². The lowest BCUT2D eigenvalue weighted by atomic mass is 10.1. The number of benzene rings is 1. The van der Waals surface area contributed by atoms with E-state index in [2.05, 4.69) is 12.2 Å². The highest BCUT2D eigenvalue weighted by molar-refractivity contribution is 5.53. The van der Waals surface area contributed by atoms with Gasteiger partial charge in [-0.25, -0.2) is 0 Å². The molecule has 108 valence electrons. The molecule has 19 heavy (non-hydrogen) atoms. The molecule has 0 aromatic heterocycles. The van der Waals surface area contributed by atoms with Crippen LogP contribution in [0, 0.1) is 0 Å². The van der Waals surface area contributed by atoms with E-state index in [-0.39, 0.29) is 6.61 Å². The summed E-state index contributed by atoms with van der Waals surface area (Å²) in [6.45, 7) is 5.54. The Morgan fingerprint density at radius 3 is 2.21 bits per heavy atom. The van der Waals surface area contributed by atoms with Crippen molar-refractivity contribution in [3.05, 3.63) is 17.7 Å². The minimum absolute atomic E-state index is 0.194. The maximum Gasteiger partial charge on any atom is 0.203 e. The molecule has 1 rings (SSSR count). The highest BCUT2D eigenvalue weighted by Crippen LogP contribution is 2.38. The third-order valence-corrected chi connectivity index (χ3v) is 2.57. The molecule has 0 saturated heterocycles. The fourth-order valence-electron chi connectivity index (χ4n) is 1.65. The van der Waals surface area contributed by atoms with E-state index in [9.17, 15) is 5.11 Å². The molecule has 5 nitrogen and oxygen atoms in total. The molecule has 0 heterocycles. The smallest absolute Gasteiger partial charge is 0.203 e. The van der Waals surface area contributed by atoms with E-state index < -0.39 is 6.10 Å². The molecule has 0 aliphatic rings. The summed E-state index contributed by atoms with van der Waals surface area (Å²) in [4.78, 5) is 0. The third-order valence-electron chi connectivity index (χ3n) is 2.57. The van der Waals surface area contributed by atoms with E-state index >= 15 is 0 Å². The molecule has 1 aromatic rings. The zero-order valence-electron chi connectivity index (χ0n) is 12.0. The number of methoxy groups -OCH3 is 2. The molecule has 0 radical (unpaired) electrons. The van der Waals surface area contributed by atoms with Crippen LogP contribution in [0.5, 0.6) is 17.2 Å². The van der Waals surface area contributed by atoms with Gasteiger partial charge in [0.15, 0.2) is 11.5 Å². The minimum atomic E-state index is -0.546. The summed E-state index contributed by atoms with van der Waals surface area (Å²) in [6.07, 6.45) is -0.546. The Balaban J connectivity index is 2.99. The summed E-state index contributed by atoms with van der Waals surface area (Å²) in [7, 11) is 3.17. The maximum absolute atomic E-state index is 9.29. The van der Waals surface area contributed by atoms with Crippen LogP contribution in [0.3, 0.4) is 0 Å². The number of rotatable bonds is 8. The Kier molecular flexibility index (Phi) is 6.45. The van der Waals surface area contributed by atoms with E-state index in [1.54, 1.807) is 21.1 Å². The number of hydrogen-bond donors (Lipinski definition) is 2. The second-order valence-electron chi connectivity index (χ2n) is 4.27. The van der Waals surface area contributed by atoms with Crippen LogP contribution in [0.25, 0.3) is 0 Å². The quantitative estimate of drug-likeness (QED) is 0.750. The summed E-state index contributed by atoms with van der Waals surface area (Å²) in [6, 6.07) is 3.81. The molecule has 0 amide bonds. The topological polar surface area (TPSA) is 60.0 Å². The van der Waals surface area contributed by atoms with Gasteiger partial charge in [-0.15, -0.1) is 0 Å². The van der Waals surface area contributed by atoms with Gasteiger partial charge in [0.2, 0.25) is 5.75 Å². The van der Waals surface area contributed by atoms with Crippen molar-refractivity contribution in [3.8, 4) is 17.2 Å². The third kappa shape index (κ3) is 4.61. The number of hydrogen-bond acceptors (Lipinski definition) is 5. The van der Waals surface area contributed by atoms with Gasteiger partial charge in [0, 0.05) is 6.54 Å². The summed E-state index contributed by atoms with van der Waals surface area (Å²) in [5.74, 6) is 1.73. The summed E-state index contributed by atoms with van der Waals surface area (Å²) in [5, 5.41) is 12.5. The van der Waals surface area contributed by atoms with Crippen molar-refractivity contribution in [2.75, 3.05) is 27.4 Å². The molecule has 5 heteroatoms. The average Bonchev–Trinajstić information content (AvgIpc) is 2.42. The van der Waals surface area contributed by atoms with Gasteiger partial charge in [-0.3, -0.25) is 0 Å². The SMILES string of the molecule is CCNCc1cc(OC)c(OCC(C)O)c(OC)c1. The molecule has 0 aliphatic heterocycles. The predicted molar refractivity (Wildman–Crippen MR) is 74.1 cm³/mol. The van der Waals surface area contributed by atoms with Gasteiger partial charge in [-0.05, 0) is 31.2 Å². The van der Waals surface area contributed by atoms with E-state index in [4.69, 9.17) is 14.2 Å². The predicted octanol–water partition coefficient (Wildman–Crippen LogP) is 1.57. The van der Waals surface area contributed by atoms with Gasteiger partial charge >= 0.3 is 0 Å². The van der Waals surface area contributed by atoms with Gasteiger partial charge < -0.3 is 24.6 Å². The van der Waals surface area contributed by atoms with Gasteiger partial charge in [0.1, 0.15) is 6.61 Å². The fourth-order valence-corrected chi connectivity index (χ4v) is 1.65. The van der Waals surface area contributed by atoms with Crippen molar-refractivity contribution in [2.45, 2.75) is 26.5 Å². The van der Waals surface area contributed by atoms with Gasteiger partial charge in [-0.2, -0.15) is 0 Å². The van der Waals surface area contributed by atoms with E-state index in [0.29, 0.717) is 17.2 Å². The Bertz CT molecular complexity index is 368. The first-order valence-corrected chi connectivity index (χ1v) is 6.38. The summed E-state index contributed by atoms with van der Waals surface area (Å²) < 4.78 is 16.2. The first-order chi connectivity index (χ1) is 9.12. The van der Waals surface area contributed by atoms with Gasteiger partial charge in [0.05, 0.1) is 20.3 Å². The van der Waals surface area contributed by atoms with Crippen molar-refractivity contribution < 1.29 is 19.3 Å². The molecule has 0 spiro atoms. The van der Waals surface area contributed by atoms with Crippen LogP contribution in [0.2, 0.25) is 0 Å². The average molecular weight is 269 g/mol. The minimum Gasteiger partial charge on any atom is -0.493 e. The van der Waals surface area contributed by atoms with Crippen LogP contribution in [0.15, 0.2) is 12.1 Å². The second-order valence-corrected chi connectivity index (χ2v) is 4.27. The maximum atomic E-state index is 9.29. The van der Waals surface area contributed by atoms with E-state index in [1.165, 1.54) is 0 Å². The standard InChI is InChI=1S/C14H23NO4/c1-5-15-8-11-6-12(17-3)14(13(7-11)18-4)19-9-10(2)16/h6-7,10,15-16H,5,8-9H2,1-4H3. The molecule has 2 N–H and O–H groups in total. The van der Waals surface area contributed by atoms with Crippen LogP contribution in [0.4, 0.5) is 0 Å². The molecular weight excluding hydrogens is 246 g/mol. The first kappa shape index (κ1) is 15.6. The van der Waals surface area contributed by atoms with Gasteiger partial charge in [-0.1, -0.05) is 6.92 Å². The van der Waals surface area contributed by atoms with Crippen molar-refractivity contribution in [3.63, 3.8) is 0 Å². The second kappa shape index (κ2) is 7.86. The van der Waals surface area contributed by atoms with Crippen LogP contribution in [0.1, 0.15) is 19.4 Å². The van der Waals surface area contributed by atoms with Crippen molar-refractivity contribution >= 4 is 0 Å². The zero-order valence-corrected chi connectivity index (χ0v) is 12.0. The number of ether oxygens (including phenoxy) is 3. The molecule has 1 atom stereocenters. The highest BCUT2D eigenvalue weighted by Gasteiger charge is 2.14. The lowest BCUT2D eigenvalue weighted by molar-refractivity contribution is 0.118.